The summed E-state index contributed by atoms with van der Waals surface area (Å²) >= 11 is 0. The Bertz CT molecular complexity index is 577. The number of rotatable bonds is 3. The van der Waals surface area contributed by atoms with Crippen LogP contribution in [0.1, 0.15) is 21.9 Å². The first kappa shape index (κ1) is 11.3. The van der Waals surface area contributed by atoms with Crippen molar-refractivity contribution >= 4 is 11.9 Å². The number of carbonyl (C=O) groups excluding carboxylic acids is 1. The molecule has 5 nitrogen and oxygen atoms in total. The van der Waals surface area contributed by atoms with Gasteiger partial charge in [0.15, 0.2) is 0 Å². The topological polar surface area (TPSA) is 52.7 Å². The maximum Gasteiger partial charge on any atom is 0.203 e. The second kappa shape index (κ2) is 4.37. The van der Waals surface area contributed by atoms with Crippen LogP contribution in [0.5, 0.6) is 0 Å². The van der Waals surface area contributed by atoms with E-state index >= 15 is 0 Å². The summed E-state index contributed by atoms with van der Waals surface area (Å²) < 4.78 is 3.30. The van der Waals surface area contributed by atoms with Gasteiger partial charge in [-0.1, -0.05) is 0 Å². The summed E-state index contributed by atoms with van der Waals surface area (Å²) in [5, 5.41) is 8.16. The van der Waals surface area contributed by atoms with Crippen LogP contribution in [0.3, 0.4) is 0 Å². The molecular formula is C12H14N4O. The summed E-state index contributed by atoms with van der Waals surface area (Å²) in [6, 6.07) is 3.62. The second-order valence-electron chi connectivity index (χ2n) is 3.87. The van der Waals surface area contributed by atoms with E-state index < -0.39 is 0 Å². The summed E-state index contributed by atoms with van der Waals surface area (Å²) in [6.07, 6.45) is 4.98. The van der Waals surface area contributed by atoms with E-state index in [1.165, 1.54) is 6.08 Å². The Balaban J connectivity index is 2.20. The zero-order valence-corrected chi connectivity index (χ0v) is 10.1. The van der Waals surface area contributed by atoms with E-state index in [4.69, 9.17) is 0 Å². The predicted molar refractivity (Wildman–Crippen MR) is 64.5 cm³/mol. The third-order valence-electron chi connectivity index (χ3n) is 2.52. The van der Waals surface area contributed by atoms with Crippen LogP contribution in [0, 0.1) is 6.92 Å². The average Bonchev–Trinajstić information content (AvgIpc) is 2.81. The van der Waals surface area contributed by atoms with E-state index in [0.717, 1.165) is 11.4 Å². The van der Waals surface area contributed by atoms with Crippen molar-refractivity contribution in [3.8, 4) is 0 Å². The molecule has 17 heavy (non-hydrogen) atoms. The molecular weight excluding hydrogens is 216 g/mol. The van der Waals surface area contributed by atoms with E-state index in [2.05, 4.69) is 10.2 Å². The fourth-order valence-corrected chi connectivity index (χ4v) is 1.64. The fraction of sp³-hybridized carbons (Fsp3) is 0.250. The van der Waals surface area contributed by atoms with Gasteiger partial charge in [-0.2, -0.15) is 10.2 Å². The lowest BCUT2D eigenvalue weighted by Crippen LogP contribution is -2.04. The first-order valence-corrected chi connectivity index (χ1v) is 5.29. The fourth-order valence-electron chi connectivity index (χ4n) is 1.64. The van der Waals surface area contributed by atoms with Gasteiger partial charge in [-0.15, -0.1) is 0 Å². The molecule has 0 aromatic carbocycles. The summed E-state index contributed by atoms with van der Waals surface area (Å²) in [6.45, 7) is 1.86. The number of ketones is 1. The van der Waals surface area contributed by atoms with Crippen molar-refractivity contribution in [3.63, 3.8) is 0 Å². The van der Waals surface area contributed by atoms with Crippen molar-refractivity contribution in [1.82, 2.24) is 19.6 Å². The van der Waals surface area contributed by atoms with Crippen LogP contribution in [0.2, 0.25) is 0 Å². The van der Waals surface area contributed by atoms with Crippen LogP contribution in [0.25, 0.3) is 6.08 Å². The molecule has 2 rings (SSSR count). The predicted octanol–water partition coefficient (Wildman–Crippen LogP) is 1.36. The van der Waals surface area contributed by atoms with Crippen molar-refractivity contribution in [2.45, 2.75) is 6.92 Å². The van der Waals surface area contributed by atoms with Crippen molar-refractivity contribution in [3.05, 3.63) is 41.5 Å². The van der Waals surface area contributed by atoms with Gasteiger partial charge in [0.1, 0.15) is 5.69 Å². The van der Waals surface area contributed by atoms with Gasteiger partial charge >= 0.3 is 0 Å². The van der Waals surface area contributed by atoms with Gasteiger partial charge in [-0.05, 0) is 31.2 Å². The lowest BCUT2D eigenvalue weighted by Gasteiger charge is -1.96. The number of carbonyl (C=O) groups is 1. The first-order valence-electron chi connectivity index (χ1n) is 5.29. The minimum Gasteiger partial charge on any atom is -0.288 e. The normalized spacial score (nSPS) is 11.2. The highest BCUT2D eigenvalue weighted by Crippen LogP contribution is 2.06. The maximum absolute atomic E-state index is 11.9. The molecule has 0 aliphatic heterocycles. The van der Waals surface area contributed by atoms with Crippen molar-refractivity contribution in [2.75, 3.05) is 0 Å². The van der Waals surface area contributed by atoms with Crippen molar-refractivity contribution in [1.29, 1.82) is 0 Å². The standard InChI is InChI=1S/C12H14N4O/c1-9-8-11(16(3)14-9)12(17)5-4-10-6-7-13-15(10)2/h4-8H,1-3H3/b5-4+. The Morgan fingerprint density at radius 3 is 2.65 bits per heavy atom. The highest BCUT2D eigenvalue weighted by molar-refractivity contribution is 6.05. The lowest BCUT2D eigenvalue weighted by molar-refractivity contribution is 0.103. The van der Waals surface area contributed by atoms with Gasteiger partial charge in [0.25, 0.3) is 0 Å². The Labute approximate surface area is 99.4 Å². The number of hydrogen-bond donors (Lipinski definition) is 0. The molecule has 0 bridgehead atoms. The number of nitrogens with zero attached hydrogens (tertiary/aromatic N) is 4. The maximum atomic E-state index is 11.9. The summed E-state index contributed by atoms with van der Waals surface area (Å²) in [4.78, 5) is 11.9. The number of aromatic nitrogens is 4. The van der Waals surface area contributed by atoms with Crippen LogP contribution in [-0.4, -0.2) is 25.3 Å². The molecule has 0 unspecified atom stereocenters. The van der Waals surface area contributed by atoms with Crippen LogP contribution in [-0.2, 0) is 14.1 Å². The molecule has 5 heteroatoms. The van der Waals surface area contributed by atoms with Gasteiger partial charge in [0, 0.05) is 20.3 Å². The van der Waals surface area contributed by atoms with Crippen LogP contribution in [0.15, 0.2) is 24.4 Å². The monoisotopic (exact) mass is 230 g/mol. The number of allylic oxidation sites excluding steroid dienone is 1. The molecule has 0 N–H and O–H groups in total. The smallest absolute Gasteiger partial charge is 0.203 e. The van der Waals surface area contributed by atoms with E-state index in [0.29, 0.717) is 5.69 Å². The van der Waals surface area contributed by atoms with Gasteiger partial charge in [-0.3, -0.25) is 14.2 Å². The molecule has 0 radical (unpaired) electrons. The number of hydrogen-bond acceptors (Lipinski definition) is 3. The molecule has 2 aromatic rings. The Kier molecular flexibility index (Phi) is 2.91. The van der Waals surface area contributed by atoms with Crippen molar-refractivity contribution < 1.29 is 4.79 Å². The molecule has 0 aliphatic rings. The van der Waals surface area contributed by atoms with Gasteiger partial charge in [0.2, 0.25) is 5.78 Å². The zero-order valence-electron chi connectivity index (χ0n) is 10.1. The molecule has 2 aromatic heterocycles. The van der Waals surface area contributed by atoms with Crippen LogP contribution in [0.4, 0.5) is 0 Å². The molecule has 0 saturated carbocycles. The zero-order chi connectivity index (χ0) is 12.4. The first-order chi connectivity index (χ1) is 8.08. The Morgan fingerprint density at radius 1 is 1.35 bits per heavy atom. The highest BCUT2D eigenvalue weighted by Gasteiger charge is 2.08. The summed E-state index contributed by atoms with van der Waals surface area (Å²) in [7, 11) is 3.59. The quantitative estimate of drug-likeness (QED) is 0.591. The Hall–Kier alpha value is -2.17. The third kappa shape index (κ3) is 2.33. The average molecular weight is 230 g/mol. The van der Waals surface area contributed by atoms with Gasteiger partial charge in [0.05, 0.1) is 11.4 Å². The highest BCUT2D eigenvalue weighted by atomic mass is 16.1. The largest absolute Gasteiger partial charge is 0.288 e. The van der Waals surface area contributed by atoms with E-state index in [-0.39, 0.29) is 5.78 Å². The third-order valence-corrected chi connectivity index (χ3v) is 2.52. The van der Waals surface area contributed by atoms with Crippen molar-refractivity contribution in [2.24, 2.45) is 14.1 Å². The number of aryl methyl sites for hydroxylation is 3. The molecule has 0 atom stereocenters. The molecule has 0 amide bonds. The summed E-state index contributed by atoms with van der Waals surface area (Å²) in [5.41, 5.74) is 2.31. The minimum absolute atomic E-state index is 0.0608. The molecule has 88 valence electrons. The summed E-state index contributed by atoms with van der Waals surface area (Å²) in [5.74, 6) is -0.0608. The van der Waals surface area contributed by atoms with E-state index in [1.54, 1.807) is 34.8 Å². The molecule has 0 aliphatic carbocycles. The SMILES string of the molecule is Cc1cc(C(=O)/C=C/c2ccnn2C)n(C)n1. The molecule has 0 fully saturated rings. The lowest BCUT2D eigenvalue weighted by atomic mass is 10.2. The molecule has 0 spiro atoms. The van der Waals surface area contributed by atoms with Gasteiger partial charge < -0.3 is 0 Å². The Morgan fingerprint density at radius 2 is 2.12 bits per heavy atom. The second-order valence-corrected chi connectivity index (χ2v) is 3.87. The van der Waals surface area contributed by atoms with E-state index in [1.807, 2.05) is 20.0 Å². The van der Waals surface area contributed by atoms with Crippen LogP contribution < -0.4 is 0 Å². The minimum atomic E-state index is -0.0608. The van der Waals surface area contributed by atoms with Crippen LogP contribution >= 0.6 is 0 Å². The van der Waals surface area contributed by atoms with Gasteiger partial charge in [-0.25, -0.2) is 0 Å². The molecule has 2 heterocycles. The van der Waals surface area contributed by atoms with E-state index in [9.17, 15) is 4.79 Å². The molecule has 0 saturated heterocycles.